The average Bonchev–Trinajstić information content (AvgIpc) is 3.21. The fourth-order valence-electron chi connectivity index (χ4n) is 4.03. The van der Waals surface area contributed by atoms with Crippen molar-refractivity contribution >= 4 is 34.6 Å². The number of nitrogens with zero attached hydrogens (tertiary/aromatic N) is 3. The molecule has 172 valence electrons. The lowest BCUT2D eigenvalue weighted by Gasteiger charge is -2.23. The molecule has 1 N–H and O–H groups in total. The molecule has 1 aliphatic rings. The van der Waals surface area contributed by atoms with Crippen LogP contribution in [0.3, 0.4) is 0 Å². The lowest BCUT2D eigenvalue weighted by molar-refractivity contribution is -0.0367. The second-order valence-electron chi connectivity index (χ2n) is 8.08. The molecule has 0 aliphatic carbocycles. The van der Waals surface area contributed by atoms with Gasteiger partial charge in [-0.15, -0.1) is 0 Å². The van der Waals surface area contributed by atoms with E-state index in [2.05, 4.69) is 10.3 Å². The van der Waals surface area contributed by atoms with Gasteiger partial charge in [0.15, 0.2) is 6.23 Å². The van der Waals surface area contributed by atoms with E-state index in [0.29, 0.717) is 18.0 Å². The van der Waals surface area contributed by atoms with Crippen LogP contribution in [-0.2, 0) is 4.74 Å². The maximum atomic E-state index is 13.5. The number of halogens is 2. The Kier molecular flexibility index (Phi) is 6.14. The third-order valence-electron chi connectivity index (χ3n) is 5.65. The number of aromatic nitrogens is 3. The highest BCUT2D eigenvalue weighted by Crippen LogP contribution is 2.30. The fraction of sp³-hybridized carbons (Fsp3) is 0.192. The van der Waals surface area contributed by atoms with Gasteiger partial charge in [0.25, 0.3) is 5.91 Å². The van der Waals surface area contributed by atoms with Crippen molar-refractivity contribution in [1.82, 2.24) is 14.8 Å². The molecule has 6 nitrogen and oxygen atoms in total. The normalized spacial score (nSPS) is 16.2. The van der Waals surface area contributed by atoms with E-state index in [1.54, 1.807) is 18.3 Å². The summed E-state index contributed by atoms with van der Waals surface area (Å²) >= 11 is 0. The van der Waals surface area contributed by atoms with Gasteiger partial charge in [-0.25, -0.2) is 13.5 Å². The molecule has 1 saturated heterocycles. The number of ether oxygens (including phenoxy) is 1. The van der Waals surface area contributed by atoms with Gasteiger partial charge >= 0.3 is 0 Å². The van der Waals surface area contributed by atoms with E-state index in [1.807, 2.05) is 41.1 Å². The Labute approximate surface area is 194 Å². The van der Waals surface area contributed by atoms with E-state index in [-0.39, 0.29) is 11.8 Å². The highest BCUT2D eigenvalue weighted by Gasteiger charge is 2.21. The van der Waals surface area contributed by atoms with Gasteiger partial charge in [-0.2, -0.15) is 5.10 Å². The van der Waals surface area contributed by atoms with Crippen LogP contribution in [-0.4, -0.2) is 27.3 Å². The van der Waals surface area contributed by atoms with Crippen molar-refractivity contribution in [1.29, 1.82) is 0 Å². The van der Waals surface area contributed by atoms with Crippen molar-refractivity contribution in [3.8, 4) is 0 Å². The number of hydrogen-bond donors (Lipinski definition) is 1. The Morgan fingerprint density at radius 2 is 1.91 bits per heavy atom. The molecular weight excluding hydrogens is 438 g/mol. The number of amides is 1. The summed E-state index contributed by atoms with van der Waals surface area (Å²) in [6.07, 6.45) is 8.25. The van der Waals surface area contributed by atoms with Crippen LogP contribution >= 0.6 is 0 Å². The van der Waals surface area contributed by atoms with E-state index in [4.69, 9.17) is 9.84 Å². The molecule has 1 unspecified atom stereocenters. The van der Waals surface area contributed by atoms with Crippen LogP contribution in [0.25, 0.3) is 23.1 Å². The van der Waals surface area contributed by atoms with Crippen molar-refractivity contribution in [2.24, 2.45) is 0 Å². The number of rotatable bonds is 5. The molecule has 34 heavy (non-hydrogen) atoms. The molecule has 5 rings (SSSR count). The zero-order valence-electron chi connectivity index (χ0n) is 18.2. The first-order chi connectivity index (χ1) is 16.6. The molecule has 2 aromatic carbocycles. The molecule has 0 spiro atoms. The monoisotopic (exact) mass is 460 g/mol. The first-order valence-electron chi connectivity index (χ1n) is 11.1. The van der Waals surface area contributed by atoms with E-state index < -0.39 is 17.5 Å². The van der Waals surface area contributed by atoms with Crippen LogP contribution in [0, 0.1) is 11.6 Å². The Morgan fingerprint density at radius 1 is 1.06 bits per heavy atom. The van der Waals surface area contributed by atoms with Gasteiger partial charge in [-0.1, -0.05) is 6.07 Å². The van der Waals surface area contributed by atoms with Gasteiger partial charge in [0, 0.05) is 35.5 Å². The number of pyridine rings is 1. The van der Waals surface area contributed by atoms with Crippen LogP contribution in [0.4, 0.5) is 14.5 Å². The van der Waals surface area contributed by atoms with Crippen LogP contribution in [0.2, 0.25) is 0 Å². The molecule has 3 heterocycles. The summed E-state index contributed by atoms with van der Waals surface area (Å²) < 4.78 is 34.9. The third kappa shape index (κ3) is 4.72. The summed E-state index contributed by atoms with van der Waals surface area (Å²) in [6, 6.07) is 13.8. The number of anilines is 1. The van der Waals surface area contributed by atoms with Gasteiger partial charge in [-0.3, -0.25) is 9.78 Å². The Bertz CT molecular complexity index is 1340. The molecule has 0 bridgehead atoms. The number of benzene rings is 2. The van der Waals surface area contributed by atoms with Crippen molar-refractivity contribution in [2.45, 2.75) is 25.5 Å². The summed E-state index contributed by atoms with van der Waals surface area (Å²) in [4.78, 5) is 16.9. The lowest BCUT2D eigenvalue weighted by Crippen LogP contribution is -2.19. The zero-order chi connectivity index (χ0) is 23.5. The Balaban J connectivity index is 1.51. The Morgan fingerprint density at radius 3 is 2.65 bits per heavy atom. The molecule has 1 aliphatic heterocycles. The molecule has 0 radical (unpaired) electrons. The van der Waals surface area contributed by atoms with E-state index in [1.165, 1.54) is 0 Å². The maximum Gasteiger partial charge on any atom is 0.255 e. The predicted octanol–water partition coefficient (Wildman–Crippen LogP) is 5.83. The second kappa shape index (κ2) is 9.52. The van der Waals surface area contributed by atoms with Gasteiger partial charge in [0.2, 0.25) is 0 Å². The number of hydrogen-bond acceptors (Lipinski definition) is 4. The lowest BCUT2D eigenvalue weighted by atomic mass is 10.1. The van der Waals surface area contributed by atoms with Crippen LogP contribution in [0.5, 0.6) is 0 Å². The van der Waals surface area contributed by atoms with Crippen LogP contribution in [0.15, 0.2) is 60.8 Å². The van der Waals surface area contributed by atoms with Crippen LogP contribution in [0.1, 0.15) is 47.2 Å². The topological polar surface area (TPSA) is 69.0 Å². The minimum Gasteiger partial charge on any atom is -0.356 e. The third-order valence-corrected chi connectivity index (χ3v) is 5.65. The Hall–Kier alpha value is -3.91. The molecule has 1 fully saturated rings. The van der Waals surface area contributed by atoms with Gasteiger partial charge in [-0.05, 0) is 73.9 Å². The molecule has 8 heteroatoms. The average molecular weight is 460 g/mol. The molecule has 0 saturated carbocycles. The van der Waals surface area contributed by atoms with Crippen LogP contribution < -0.4 is 5.32 Å². The SMILES string of the molecule is O=C(Nc1ccc2c(c1)c(C=Cc1ccccn1)nn2C1CCCCO1)c1cc(F)cc(F)c1. The largest absolute Gasteiger partial charge is 0.356 e. The predicted molar refractivity (Wildman–Crippen MR) is 126 cm³/mol. The van der Waals surface area contributed by atoms with Gasteiger partial charge < -0.3 is 10.1 Å². The molecular formula is C26H22F2N4O2. The summed E-state index contributed by atoms with van der Waals surface area (Å²) in [5.74, 6) is -2.22. The minimum atomic E-state index is -0.809. The number of carbonyl (C=O) groups excluding carboxylic acids is 1. The standard InChI is InChI=1S/C26H22F2N4O2/c27-18-13-17(14-19(28)15-18)26(33)30-21-8-10-24-22(16-21)23(9-7-20-5-1-3-11-29-20)31-32(24)25-6-2-4-12-34-25/h1,3,5,7-11,13-16,25H,2,4,6,12H2,(H,30,33). The number of fused-ring (bicyclic) bond motifs is 1. The maximum absolute atomic E-state index is 13.5. The van der Waals surface area contributed by atoms with E-state index in [0.717, 1.165) is 54.1 Å². The zero-order valence-corrected chi connectivity index (χ0v) is 18.2. The van der Waals surface area contributed by atoms with Gasteiger partial charge in [0.1, 0.15) is 11.6 Å². The molecule has 1 amide bonds. The van der Waals surface area contributed by atoms with E-state index in [9.17, 15) is 13.6 Å². The minimum absolute atomic E-state index is 0.0980. The highest BCUT2D eigenvalue weighted by atomic mass is 19.1. The summed E-state index contributed by atoms with van der Waals surface area (Å²) in [5, 5.41) is 8.32. The van der Waals surface area contributed by atoms with Crippen molar-refractivity contribution in [3.63, 3.8) is 0 Å². The first-order valence-corrected chi connectivity index (χ1v) is 11.1. The second-order valence-corrected chi connectivity index (χ2v) is 8.08. The summed E-state index contributed by atoms with van der Waals surface area (Å²) in [6.45, 7) is 0.684. The molecule has 1 atom stereocenters. The smallest absolute Gasteiger partial charge is 0.255 e. The summed E-state index contributed by atoms with van der Waals surface area (Å²) in [7, 11) is 0. The van der Waals surface area contributed by atoms with Crippen molar-refractivity contribution < 1.29 is 18.3 Å². The van der Waals surface area contributed by atoms with Gasteiger partial charge in [0.05, 0.1) is 16.9 Å². The summed E-state index contributed by atoms with van der Waals surface area (Å²) in [5.41, 5.74) is 2.74. The first kappa shape index (κ1) is 21.9. The molecule has 2 aromatic heterocycles. The fourth-order valence-corrected chi connectivity index (χ4v) is 4.03. The van der Waals surface area contributed by atoms with E-state index >= 15 is 0 Å². The van der Waals surface area contributed by atoms with Crippen molar-refractivity contribution in [2.75, 3.05) is 11.9 Å². The highest BCUT2D eigenvalue weighted by molar-refractivity contribution is 6.05. The quantitative estimate of drug-likeness (QED) is 0.407. The number of nitrogens with one attached hydrogen (secondary N) is 1. The van der Waals surface area contributed by atoms with Crippen molar-refractivity contribution in [3.05, 3.63) is 89.4 Å². The molecule has 4 aromatic rings. The number of carbonyl (C=O) groups is 1.